The van der Waals surface area contributed by atoms with Gasteiger partial charge < -0.3 is 4.98 Å². The minimum absolute atomic E-state index is 0.262. The topological polar surface area (TPSA) is 116 Å². The van der Waals surface area contributed by atoms with Gasteiger partial charge in [-0.3, -0.25) is 15.2 Å². The van der Waals surface area contributed by atoms with Crippen molar-refractivity contribution in [1.29, 1.82) is 0 Å². The van der Waals surface area contributed by atoms with E-state index < -0.39 is 11.2 Å². The third-order valence-electron chi connectivity index (χ3n) is 4.35. The normalized spacial score (nSPS) is 11.3. The number of aromatic amines is 2. The molecule has 3 rings (SSSR count). The molecule has 0 aliphatic heterocycles. The summed E-state index contributed by atoms with van der Waals surface area (Å²) >= 11 is 0. The molecule has 0 unspecified atom stereocenters. The molecule has 2 aromatic heterocycles. The lowest BCUT2D eigenvalue weighted by Gasteiger charge is -2.12. The lowest BCUT2D eigenvalue weighted by Crippen LogP contribution is -2.26. The molecule has 0 atom stereocenters. The van der Waals surface area contributed by atoms with Gasteiger partial charge >= 0.3 is 5.69 Å². The standard InChI is InChI=1S/C21H22N6O2/c1-4-8-16-13(2)23-18(11-15-9-6-5-7-10-15)24-19(16)27-26-14(3)17-12-22-21(29)25-20(17)28/h4-7,9-10,12H,1,8,11H2,2-3H3,(H,23,24,27)(H2,22,25,28,29)/b26-14+. The molecule has 0 amide bonds. The van der Waals surface area contributed by atoms with Crippen molar-refractivity contribution in [3.8, 4) is 0 Å². The fraction of sp³-hybridized carbons (Fsp3) is 0.190. The zero-order chi connectivity index (χ0) is 20.8. The summed E-state index contributed by atoms with van der Waals surface area (Å²) in [4.78, 5) is 37.0. The van der Waals surface area contributed by atoms with Gasteiger partial charge in [-0.15, -0.1) is 6.58 Å². The Morgan fingerprint density at radius 1 is 1.24 bits per heavy atom. The van der Waals surface area contributed by atoms with E-state index in [-0.39, 0.29) is 5.56 Å². The van der Waals surface area contributed by atoms with Crippen LogP contribution in [-0.2, 0) is 12.8 Å². The number of nitrogens with one attached hydrogen (secondary N) is 3. The molecular formula is C21H22N6O2. The summed E-state index contributed by atoms with van der Waals surface area (Å²) in [5.74, 6) is 1.22. The summed E-state index contributed by atoms with van der Waals surface area (Å²) in [6.45, 7) is 7.38. The second-order valence-corrected chi connectivity index (χ2v) is 6.50. The first-order valence-corrected chi connectivity index (χ1v) is 9.12. The number of aromatic nitrogens is 4. The van der Waals surface area contributed by atoms with Crippen LogP contribution in [-0.4, -0.2) is 25.6 Å². The lowest BCUT2D eigenvalue weighted by molar-refractivity contribution is 0.915. The number of H-pyrrole nitrogens is 2. The smallest absolute Gasteiger partial charge is 0.313 e. The van der Waals surface area contributed by atoms with Gasteiger partial charge in [0.15, 0.2) is 5.82 Å². The van der Waals surface area contributed by atoms with Crippen LogP contribution in [0.4, 0.5) is 5.82 Å². The Kier molecular flexibility index (Phi) is 6.13. The van der Waals surface area contributed by atoms with Crippen molar-refractivity contribution in [3.05, 3.63) is 98.2 Å². The van der Waals surface area contributed by atoms with E-state index in [1.165, 1.54) is 6.20 Å². The van der Waals surface area contributed by atoms with Crippen molar-refractivity contribution >= 4 is 11.5 Å². The molecule has 8 nitrogen and oxygen atoms in total. The van der Waals surface area contributed by atoms with Crippen molar-refractivity contribution < 1.29 is 0 Å². The van der Waals surface area contributed by atoms with E-state index in [0.717, 1.165) is 16.8 Å². The monoisotopic (exact) mass is 390 g/mol. The Morgan fingerprint density at radius 2 is 2.00 bits per heavy atom. The van der Waals surface area contributed by atoms with Gasteiger partial charge in [-0.2, -0.15) is 5.10 Å². The van der Waals surface area contributed by atoms with Gasteiger partial charge in [-0.25, -0.2) is 14.8 Å². The highest BCUT2D eigenvalue weighted by Gasteiger charge is 2.12. The van der Waals surface area contributed by atoms with Crippen LogP contribution in [0.5, 0.6) is 0 Å². The number of hydrazone groups is 1. The number of allylic oxidation sites excluding steroid dienone is 1. The van der Waals surface area contributed by atoms with Crippen molar-refractivity contribution in [3.63, 3.8) is 0 Å². The van der Waals surface area contributed by atoms with Crippen LogP contribution in [0.2, 0.25) is 0 Å². The number of rotatable bonds is 7. The molecule has 0 aliphatic rings. The van der Waals surface area contributed by atoms with Gasteiger partial charge in [0.2, 0.25) is 0 Å². The number of benzene rings is 1. The maximum Gasteiger partial charge on any atom is 0.325 e. The van der Waals surface area contributed by atoms with Crippen molar-refractivity contribution in [1.82, 2.24) is 19.9 Å². The van der Waals surface area contributed by atoms with Crippen LogP contribution in [0, 0.1) is 6.92 Å². The third-order valence-corrected chi connectivity index (χ3v) is 4.35. The van der Waals surface area contributed by atoms with Gasteiger partial charge in [0.1, 0.15) is 5.82 Å². The highest BCUT2D eigenvalue weighted by atomic mass is 16.2. The summed E-state index contributed by atoms with van der Waals surface area (Å²) in [5.41, 5.74) is 5.37. The number of hydrogen-bond donors (Lipinski definition) is 3. The van der Waals surface area contributed by atoms with E-state index in [0.29, 0.717) is 30.2 Å². The molecule has 1 aromatic carbocycles. The molecule has 0 spiro atoms. The van der Waals surface area contributed by atoms with Crippen molar-refractivity contribution in [2.75, 3.05) is 5.43 Å². The van der Waals surface area contributed by atoms with Crippen LogP contribution < -0.4 is 16.7 Å². The average molecular weight is 390 g/mol. The van der Waals surface area contributed by atoms with Gasteiger partial charge in [0.25, 0.3) is 5.56 Å². The van der Waals surface area contributed by atoms with Crippen LogP contribution in [0.3, 0.4) is 0 Å². The molecule has 0 radical (unpaired) electrons. The highest BCUT2D eigenvalue weighted by molar-refractivity contribution is 5.98. The predicted octanol–water partition coefficient (Wildman–Crippen LogP) is 2.32. The van der Waals surface area contributed by atoms with E-state index in [2.05, 4.69) is 37.0 Å². The molecule has 0 saturated heterocycles. The van der Waals surface area contributed by atoms with Crippen LogP contribution in [0.15, 0.2) is 63.9 Å². The minimum Gasteiger partial charge on any atom is -0.313 e. The number of nitrogens with zero attached hydrogens (tertiary/aromatic N) is 3. The molecule has 3 N–H and O–H groups in total. The van der Waals surface area contributed by atoms with Crippen LogP contribution >= 0.6 is 0 Å². The Labute approximate surface area is 167 Å². The summed E-state index contributed by atoms with van der Waals surface area (Å²) in [6, 6.07) is 9.96. The van der Waals surface area contributed by atoms with Crippen molar-refractivity contribution in [2.24, 2.45) is 5.10 Å². The van der Waals surface area contributed by atoms with Gasteiger partial charge in [0, 0.05) is 23.9 Å². The quantitative estimate of drug-likeness (QED) is 0.325. The molecule has 0 saturated carbocycles. The summed E-state index contributed by atoms with van der Waals surface area (Å²) in [7, 11) is 0. The number of hydrogen-bond acceptors (Lipinski definition) is 6. The number of aryl methyl sites for hydroxylation is 1. The summed E-state index contributed by atoms with van der Waals surface area (Å²) in [6.07, 6.45) is 4.27. The maximum atomic E-state index is 12.0. The van der Waals surface area contributed by atoms with Gasteiger partial charge in [0.05, 0.1) is 11.3 Å². The lowest BCUT2D eigenvalue weighted by atomic mass is 10.1. The van der Waals surface area contributed by atoms with Crippen LogP contribution in [0.1, 0.15) is 35.1 Å². The van der Waals surface area contributed by atoms with E-state index in [1.807, 2.05) is 37.3 Å². The molecule has 0 bridgehead atoms. The molecule has 2 heterocycles. The molecule has 148 valence electrons. The maximum absolute atomic E-state index is 12.0. The first-order valence-electron chi connectivity index (χ1n) is 9.12. The molecule has 0 fully saturated rings. The molecular weight excluding hydrogens is 368 g/mol. The Morgan fingerprint density at radius 3 is 2.69 bits per heavy atom. The van der Waals surface area contributed by atoms with E-state index in [4.69, 9.17) is 0 Å². The summed E-state index contributed by atoms with van der Waals surface area (Å²) in [5, 5.41) is 4.29. The SMILES string of the molecule is C=CCc1c(C)nc(Cc2ccccc2)nc1N/N=C(\C)c1c[nH]c(=O)[nH]c1=O. The first kappa shape index (κ1) is 19.9. The first-order chi connectivity index (χ1) is 14.0. The fourth-order valence-electron chi connectivity index (χ4n) is 2.87. The molecule has 8 heteroatoms. The molecule has 3 aromatic rings. The Hall–Kier alpha value is -3.81. The van der Waals surface area contributed by atoms with E-state index in [1.54, 1.807) is 13.0 Å². The Bertz CT molecular complexity index is 1160. The second-order valence-electron chi connectivity index (χ2n) is 6.50. The average Bonchev–Trinajstić information content (AvgIpc) is 2.69. The highest BCUT2D eigenvalue weighted by Crippen LogP contribution is 2.19. The Balaban J connectivity index is 1.94. The van der Waals surface area contributed by atoms with E-state index >= 15 is 0 Å². The van der Waals surface area contributed by atoms with Crippen molar-refractivity contribution in [2.45, 2.75) is 26.7 Å². The minimum atomic E-state index is -0.565. The second kappa shape index (κ2) is 8.92. The summed E-state index contributed by atoms with van der Waals surface area (Å²) < 4.78 is 0. The number of anilines is 1. The molecule has 29 heavy (non-hydrogen) atoms. The molecule has 0 aliphatic carbocycles. The van der Waals surface area contributed by atoms with Gasteiger partial charge in [-0.05, 0) is 25.8 Å². The van der Waals surface area contributed by atoms with Crippen LogP contribution in [0.25, 0.3) is 0 Å². The fourth-order valence-corrected chi connectivity index (χ4v) is 2.87. The van der Waals surface area contributed by atoms with E-state index in [9.17, 15) is 9.59 Å². The predicted molar refractivity (Wildman–Crippen MR) is 113 cm³/mol. The third kappa shape index (κ3) is 4.92. The zero-order valence-corrected chi connectivity index (χ0v) is 16.3. The van der Waals surface area contributed by atoms with Gasteiger partial charge in [-0.1, -0.05) is 36.4 Å². The largest absolute Gasteiger partial charge is 0.325 e. The zero-order valence-electron chi connectivity index (χ0n) is 16.3.